The molecule has 1 fully saturated rings. The number of hydrogen-bond acceptors (Lipinski definition) is 3. The highest BCUT2D eigenvalue weighted by atomic mass is 19.1. The monoisotopic (exact) mass is 466 g/mol. The van der Waals surface area contributed by atoms with Gasteiger partial charge in [-0.15, -0.1) is 0 Å². The second-order valence-electron chi connectivity index (χ2n) is 8.81. The van der Waals surface area contributed by atoms with E-state index < -0.39 is 18.2 Å². The number of benzene rings is 3. The molecule has 1 unspecified atom stereocenters. The summed E-state index contributed by atoms with van der Waals surface area (Å²) in [5.41, 5.74) is 2.59. The van der Waals surface area contributed by atoms with Crippen molar-refractivity contribution in [2.75, 3.05) is 13.2 Å². The van der Waals surface area contributed by atoms with Crippen LogP contribution in [0, 0.1) is 11.6 Å². The molecule has 0 aliphatic carbocycles. The third-order valence-electron chi connectivity index (χ3n) is 6.62. The highest BCUT2D eigenvalue weighted by Crippen LogP contribution is 2.36. The third kappa shape index (κ3) is 4.95. The topological polar surface area (TPSA) is 72.8 Å². The molecule has 5 nitrogen and oxygen atoms in total. The van der Waals surface area contributed by atoms with E-state index in [1.165, 1.54) is 24.3 Å². The van der Waals surface area contributed by atoms with Crippen LogP contribution < -0.4 is 5.32 Å². The van der Waals surface area contributed by atoms with Crippen molar-refractivity contribution < 1.29 is 23.8 Å². The molecule has 3 N–H and O–H groups in total. The van der Waals surface area contributed by atoms with Crippen molar-refractivity contribution in [3.63, 3.8) is 0 Å². The molecular weight excluding hydrogens is 438 g/mol. The normalized spacial score (nSPS) is 20.0. The van der Waals surface area contributed by atoms with E-state index in [9.17, 15) is 23.8 Å². The Balaban J connectivity index is 1.52. The molecule has 0 aromatic heterocycles. The molecule has 178 valence electrons. The van der Waals surface area contributed by atoms with Gasteiger partial charge in [-0.05, 0) is 59.9 Å². The fourth-order valence-electron chi connectivity index (χ4n) is 4.62. The highest BCUT2D eigenvalue weighted by molar-refractivity contribution is 5.77. The van der Waals surface area contributed by atoms with Gasteiger partial charge in [0.05, 0.1) is 24.3 Å². The van der Waals surface area contributed by atoms with Crippen molar-refractivity contribution in [2.24, 2.45) is 0 Å². The summed E-state index contributed by atoms with van der Waals surface area (Å²) < 4.78 is 26.7. The number of carbonyl (C=O) groups excluding carboxylic acids is 1. The van der Waals surface area contributed by atoms with Crippen LogP contribution in [-0.4, -0.2) is 40.4 Å². The zero-order valence-electron chi connectivity index (χ0n) is 18.9. The van der Waals surface area contributed by atoms with Gasteiger partial charge < -0.3 is 20.4 Å². The van der Waals surface area contributed by atoms with Crippen molar-refractivity contribution in [1.29, 1.82) is 0 Å². The molecule has 1 aliphatic rings. The summed E-state index contributed by atoms with van der Waals surface area (Å²) in [6.45, 7) is 1.93. The van der Waals surface area contributed by atoms with E-state index in [0.29, 0.717) is 18.5 Å². The van der Waals surface area contributed by atoms with E-state index in [1.807, 2.05) is 31.2 Å². The average Bonchev–Trinajstić information content (AvgIpc) is 2.84. The number of halogens is 2. The lowest BCUT2D eigenvalue weighted by Crippen LogP contribution is -2.59. The van der Waals surface area contributed by atoms with Crippen LogP contribution in [0.4, 0.5) is 13.6 Å². The Kier molecular flexibility index (Phi) is 6.95. The Bertz CT molecular complexity index is 1120. The zero-order valence-corrected chi connectivity index (χ0v) is 18.9. The van der Waals surface area contributed by atoms with E-state index in [0.717, 1.165) is 16.7 Å². The van der Waals surface area contributed by atoms with Gasteiger partial charge >= 0.3 is 6.03 Å². The number of hydrogen-bond donors (Lipinski definition) is 3. The second-order valence-corrected chi connectivity index (χ2v) is 8.81. The van der Waals surface area contributed by atoms with E-state index >= 15 is 0 Å². The van der Waals surface area contributed by atoms with Crippen LogP contribution in [0.3, 0.4) is 0 Å². The van der Waals surface area contributed by atoms with Crippen LogP contribution >= 0.6 is 0 Å². The van der Waals surface area contributed by atoms with E-state index in [1.54, 1.807) is 29.2 Å². The molecule has 0 saturated carbocycles. The number of aliphatic hydroxyl groups is 2. The number of carbonyl (C=O) groups is 1. The minimum Gasteiger partial charge on any atom is -0.394 e. The molecule has 3 aromatic carbocycles. The van der Waals surface area contributed by atoms with E-state index in [2.05, 4.69) is 5.32 Å². The first kappa shape index (κ1) is 23.9. The summed E-state index contributed by atoms with van der Waals surface area (Å²) in [6.07, 6.45) is -0.414. The van der Waals surface area contributed by atoms with Crippen molar-refractivity contribution in [1.82, 2.24) is 10.2 Å². The average molecular weight is 467 g/mol. The number of rotatable bonds is 7. The molecule has 1 saturated heterocycles. The van der Waals surface area contributed by atoms with Crippen molar-refractivity contribution >= 4 is 6.03 Å². The largest absolute Gasteiger partial charge is 0.394 e. The quantitative estimate of drug-likeness (QED) is 0.471. The molecule has 4 rings (SSSR count). The Morgan fingerprint density at radius 3 is 2.00 bits per heavy atom. The molecule has 3 atom stereocenters. The Morgan fingerprint density at radius 1 is 0.941 bits per heavy atom. The maximum Gasteiger partial charge on any atom is 0.318 e. The lowest BCUT2D eigenvalue weighted by molar-refractivity contribution is 0.0441. The predicted molar refractivity (Wildman–Crippen MR) is 126 cm³/mol. The van der Waals surface area contributed by atoms with E-state index in [-0.39, 0.29) is 30.1 Å². The van der Waals surface area contributed by atoms with Gasteiger partial charge in [0.15, 0.2) is 0 Å². The summed E-state index contributed by atoms with van der Waals surface area (Å²) in [6, 6.07) is 19.4. The third-order valence-corrected chi connectivity index (χ3v) is 6.62. The molecule has 7 heteroatoms. The first-order valence-corrected chi connectivity index (χ1v) is 11.3. The fourth-order valence-corrected chi connectivity index (χ4v) is 4.62. The highest BCUT2D eigenvalue weighted by Gasteiger charge is 2.42. The Hall–Kier alpha value is -3.29. The van der Waals surface area contributed by atoms with Gasteiger partial charge in [-0.1, -0.05) is 48.5 Å². The van der Waals surface area contributed by atoms with Gasteiger partial charge in [0.25, 0.3) is 0 Å². The van der Waals surface area contributed by atoms with Gasteiger partial charge in [0.2, 0.25) is 0 Å². The van der Waals surface area contributed by atoms with Crippen molar-refractivity contribution in [3.8, 4) is 11.1 Å². The Morgan fingerprint density at radius 2 is 1.47 bits per heavy atom. The lowest BCUT2D eigenvalue weighted by Gasteiger charge is -2.45. The van der Waals surface area contributed by atoms with Gasteiger partial charge in [0, 0.05) is 13.0 Å². The summed E-state index contributed by atoms with van der Waals surface area (Å²) >= 11 is 0. The number of aliphatic hydroxyl groups excluding tert-OH is 2. The first-order valence-electron chi connectivity index (χ1n) is 11.3. The van der Waals surface area contributed by atoms with Crippen LogP contribution in [0.15, 0.2) is 72.8 Å². The molecule has 1 aliphatic heterocycles. The molecule has 1 heterocycles. The molecule has 0 spiro atoms. The van der Waals surface area contributed by atoms with Crippen LogP contribution in [0.2, 0.25) is 0 Å². The minimum absolute atomic E-state index is 0.120. The second kappa shape index (κ2) is 9.91. The summed E-state index contributed by atoms with van der Waals surface area (Å²) in [5.74, 6) is -0.670. The number of urea groups is 1. The minimum atomic E-state index is -1.02. The predicted octanol–water partition coefficient (Wildman–Crippen LogP) is 4.75. The van der Waals surface area contributed by atoms with Crippen LogP contribution in [0.1, 0.15) is 36.9 Å². The fraction of sp³-hybridized carbons (Fsp3) is 0.296. The van der Waals surface area contributed by atoms with Crippen molar-refractivity contribution in [3.05, 3.63) is 95.6 Å². The van der Waals surface area contributed by atoms with Gasteiger partial charge in [-0.2, -0.15) is 0 Å². The summed E-state index contributed by atoms with van der Waals surface area (Å²) in [5, 5.41) is 22.6. The summed E-state index contributed by atoms with van der Waals surface area (Å²) in [4.78, 5) is 14.9. The molecular formula is C27H28F2N2O3. The Labute approximate surface area is 197 Å². The van der Waals surface area contributed by atoms with Crippen LogP contribution in [-0.2, 0) is 5.54 Å². The van der Waals surface area contributed by atoms with Crippen LogP contribution in [0.5, 0.6) is 0 Å². The molecule has 0 radical (unpaired) electrons. The summed E-state index contributed by atoms with van der Waals surface area (Å²) in [7, 11) is 0. The smallest absolute Gasteiger partial charge is 0.318 e. The van der Waals surface area contributed by atoms with E-state index in [4.69, 9.17) is 0 Å². The SMILES string of the molecule is CC(c1ccc(-c2ccc(F)cc2)cc1)N1CC[C@](C[C@H](O)CO)(c2ccc(F)cc2)NC1=O. The number of nitrogens with zero attached hydrogens (tertiary/aromatic N) is 1. The van der Waals surface area contributed by atoms with Crippen LogP contribution in [0.25, 0.3) is 11.1 Å². The van der Waals surface area contributed by atoms with Gasteiger partial charge in [-0.25, -0.2) is 13.6 Å². The van der Waals surface area contributed by atoms with Gasteiger partial charge in [-0.3, -0.25) is 0 Å². The van der Waals surface area contributed by atoms with Crippen molar-refractivity contribution in [2.45, 2.75) is 37.5 Å². The first-order chi connectivity index (χ1) is 16.3. The molecule has 0 bridgehead atoms. The standard InChI is InChI=1S/C27H28F2N2O3/c1-18(19-2-4-20(5-3-19)21-6-10-23(28)11-7-21)31-15-14-27(30-26(31)34,16-25(33)17-32)22-8-12-24(29)13-9-22/h2-13,18,25,32-33H,14-17H2,1H3,(H,30,34)/t18?,25-,27-/m0/s1. The lowest BCUT2D eigenvalue weighted by atomic mass is 9.80. The zero-order chi connectivity index (χ0) is 24.3. The maximum absolute atomic E-state index is 13.5. The molecule has 2 amide bonds. The number of amides is 2. The molecule has 34 heavy (non-hydrogen) atoms. The van der Waals surface area contributed by atoms with Gasteiger partial charge in [0.1, 0.15) is 11.6 Å². The number of nitrogens with one attached hydrogen (secondary N) is 1. The maximum atomic E-state index is 13.5. The molecule has 3 aromatic rings.